The smallest absolute Gasteiger partial charge is 0.265 e. The molecule has 1 aromatic rings. The zero-order valence-corrected chi connectivity index (χ0v) is 11.2. The van der Waals surface area contributed by atoms with Crippen LogP contribution in [0.25, 0.3) is 0 Å². The van der Waals surface area contributed by atoms with Gasteiger partial charge in [-0.15, -0.1) is 11.3 Å². The Hall–Kier alpha value is -0.980. The van der Waals surface area contributed by atoms with E-state index in [1.165, 1.54) is 11.3 Å². The lowest BCUT2D eigenvalue weighted by Gasteiger charge is -2.37. The molecule has 0 radical (unpaired) electrons. The van der Waals surface area contributed by atoms with Gasteiger partial charge in [-0.25, -0.2) is 4.98 Å². The highest BCUT2D eigenvalue weighted by Crippen LogP contribution is 2.32. The molecule has 1 spiro atoms. The number of ether oxygens (including phenoxy) is 2. The number of aryl methyl sites for hydroxylation is 1. The molecule has 1 amide bonds. The lowest BCUT2D eigenvalue weighted by atomic mass is 10.0. The second-order valence-corrected chi connectivity index (χ2v) is 5.88. The third kappa shape index (κ3) is 2.15. The number of carbonyl (C=O) groups is 1. The Morgan fingerprint density at radius 3 is 2.61 bits per heavy atom. The predicted molar refractivity (Wildman–Crippen MR) is 66.6 cm³/mol. The van der Waals surface area contributed by atoms with Gasteiger partial charge in [0.1, 0.15) is 4.88 Å². The third-order valence-electron chi connectivity index (χ3n) is 3.46. The predicted octanol–water partition coefficient (Wildman–Crippen LogP) is 1.43. The SMILES string of the molecule is Cc1ncc(C(=O)N2CCC3(CC2)OCCO3)s1. The number of rotatable bonds is 1. The van der Waals surface area contributed by atoms with Crippen LogP contribution in [-0.4, -0.2) is 47.9 Å². The first-order valence-electron chi connectivity index (χ1n) is 6.18. The fourth-order valence-electron chi connectivity index (χ4n) is 2.45. The summed E-state index contributed by atoms with van der Waals surface area (Å²) in [5, 5.41) is 0.925. The number of carbonyl (C=O) groups excluding carboxylic acids is 1. The highest BCUT2D eigenvalue weighted by atomic mass is 32.1. The topological polar surface area (TPSA) is 51.7 Å². The summed E-state index contributed by atoms with van der Waals surface area (Å²) in [6.45, 7) is 4.63. The van der Waals surface area contributed by atoms with Crippen molar-refractivity contribution in [2.45, 2.75) is 25.6 Å². The molecule has 2 aliphatic rings. The number of hydrogen-bond acceptors (Lipinski definition) is 5. The van der Waals surface area contributed by atoms with Crippen LogP contribution in [0, 0.1) is 6.92 Å². The molecule has 2 fully saturated rings. The van der Waals surface area contributed by atoms with E-state index in [2.05, 4.69) is 4.98 Å². The van der Waals surface area contributed by atoms with Crippen LogP contribution in [0.2, 0.25) is 0 Å². The van der Waals surface area contributed by atoms with E-state index in [1.807, 2.05) is 11.8 Å². The summed E-state index contributed by atoms with van der Waals surface area (Å²) in [5.41, 5.74) is 0. The second kappa shape index (κ2) is 4.60. The van der Waals surface area contributed by atoms with E-state index in [9.17, 15) is 4.79 Å². The molecule has 0 atom stereocenters. The minimum absolute atomic E-state index is 0.0773. The van der Waals surface area contributed by atoms with Gasteiger partial charge < -0.3 is 14.4 Å². The average molecular weight is 268 g/mol. The van der Waals surface area contributed by atoms with Crippen molar-refractivity contribution >= 4 is 17.2 Å². The van der Waals surface area contributed by atoms with Gasteiger partial charge in [0.15, 0.2) is 5.79 Å². The molecule has 18 heavy (non-hydrogen) atoms. The number of aromatic nitrogens is 1. The summed E-state index contributed by atoms with van der Waals surface area (Å²) in [6.07, 6.45) is 3.18. The minimum atomic E-state index is -0.416. The number of piperidine rings is 1. The Morgan fingerprint density at radius 2 is 2.06 bits per heavy atom. The van der Waals surface area contributed by atoms with Crippen LogP contribution in [0.15, 0.2) is 6.20 Å². The van der Waals surface area contributed by atoms with E-state index >= 15 is 0 Å². The summed E-state index contributed by atoms with van der Waals surface area (Å²) in [5.74, 6) is -0.339. The number of thiazole rings is 1. The summed E-state index contributed by atoms with van der Waals surface area (Å²) in [7, 11) is 0. The van der Waals surface area contributed by atoms with Crippen molar-refractivity contribution in [3.05, 3.63) is 16.1 Å². The van der Waals surface area contributed by atoms with Crippen molar-refractivity contribution in [3.8, 4) is 0 Å². The average Bonchev–Trinajstić information content (AvgIpc) is 3.00. The highest BCUT2D eigenvalue weighted by molar-refractivity contribution is 7.13. The first-order valence-corrected chi connectivity index (χ1v) is 7.00. The molecule has 2 aliphatic heterocycles. The van der Waals surface area contributed by atoms with Crippen LogP contribution in [0.3, 0.4) is 0 Å². The van der Waals surface area contributed by atoms with Crippen LogP contribution < -0.4 is 0 Å². The van der Waals surface area contributed by atoms with Crippen molar-refractivity contribution < 1.29 is 14.3 Å². The van der Waals surface area contributed by atoms with E-state index in [0.717, 1.165) is 22.7 Å². The minimum Gasteiger partial charge on any atom is -0.347 e. The highest BCUT2D eigenvalue weighted by Gasteiger charge is 2.40. The van der Waals surface area contributed by atoms with Crippen LogP contribution >= 0.6 is 11.3 Å². The molecule has 98 valence electrons. The van der Waals surface area contributed by atoms with Crippen LogP contribution in [0.1, 0.15) is 27.5 Å². The third-order valence-corrected chi connectivity index (χ3v) is 4.36. The van der Waals surface area contributed by atoms with E-state index in [4.69, 9.17) is 9.47 Å². The quantitative estimate of drug-likeness (QED) is 0.773. The van der Waals surface area contributed by atoms with E-state index in [1.54, 1.807) is 6.20 Å². The van der Waals surface area contributed by atoms with Gasteiger partial charge in [0, 0.05) is 25.9 Å². The fourth-order valence-corrected chi connectivity index (χ4v) is 3.20. The van der Waals surface area contributed by atoms with Crippen molar-refractivity contribution in [1.82, 2.24) is 9.88 Å². The molecular weight excluding hydrogens is 252 g/mol. The number of amides is 1. The Balaban J connectivity index is 1.64. The molecule has 0 unspecified atom stereocenters. The lowest BCUT2D eigenvalue weighted by molar-refractivity contribution is -0.181. The van der Waals surface area contributed by atoms with Crippen molar-refractivity contribution in [1.29, 1.82) is 0 Å². The monoisotopic (exact) mass is 268 g/mol. The largest absolute Gasteiger partial charge is 0.347 e. The molecule has 5 nitrogen and oxygen atoms in total. The van der Waals surface area contributed by atoms with Crippen LogP contribution in [-0.2, 0) is 9.47 Å². The normalized spacial score (nSPS) is 22.6. The molecule has 3 heterocycles. The van der Waals surface area contributed by atoms with Gasteiger partial charge in [-0.2, -0.15) is 0 Å². The van der Waals surface area contributed by atoms with Crippen molar-refractivity contribution in [2.75, 3.05) is 26.3 Å². The molecular formula is C12H16N2O3S. The van der Waals surface area contributed by atoms with Gasteiger partial charge in [0.05, 0.1) is 24.4 Å². The van der Waals surface area contributed by atoms with Crippen LogP contribution in [0.4, 0.5) is 0 Å². The second-order valence-electron chi connectivity index (χ2n) is 4.64. The maximum atomic E-state index is 12.2. The molecule has 0 aromatic carbocycles. The maximum absolute atomic E-state index is 12.2. The number of hydrogen-bond donors (Lipinski definition) is 0. The van der Waals surface area contributed by atoms with Gasteiger partial charge in [0.2, 0.25) is 0 Å². The summed E-state index contributed by atoms with van der Waals surface area (Å²) >= 11 is 1.45. The van der Waals surface area contributed by atoms with Crippen LogP contribution in [0.5, 0.6) is 0 Å². The van der Waals surface area contributed by atoms with Gasteiger partial charge in [0.25, 0.3) is 5.91 Å². The molecule has 1 aromatic heterocycles. The maximum Gasteiger partial charge on any atom is 0.265 e. The first kappa shape index (κ1) is 12.1. The molecule has 0 N–H and O–H groups in total. The Bertz CT molecular complexity index is 444. The molecule has 6 heteroatoms. The summed E-state index contributed by atoms with van der Waals surface area (Å²) in [6, 6.07) is 0. The van der Waals surface area contributed by atoms with Crippen molar-refractivity contribution in [2.24, 2.45) is 0 Å². The molecule has 2 saturated heterocycles. The Morgan fingerprint density at radius 1 is 1.39 bits per heavy atom. The fraction of sp³-hybridized carbons (Fsp3) is 0.667. The number of likely N-dealkylation sites (tertiary alicyclic amines) is 1. The van der Waals surface area contributed by atoms with E-state index in [-0.39, 0.29) is 5.91 Å². The summed E-state index contributed by atoms with van der Waals surface area (Å²) < 4.78 is 11.3. The van der Waals surface area contributed by atoms with Gasteiger partial charge in [-0.05, 0) is 6.92 Å². The van der Waals surface area contributed by atoms with E-state index < -0.39 is 5.79 Å². The zero-order valence-electron chi connectivity index (χ0n) is 10.3. The van der Waals surface area contributed by atoms with E-state index in [0.29, 0.717) is 26.3 Å². The molecule has 0 saturated carbocycles. The van der Waals surface area contributed by atoms with Gasteiger partial charge >= 0.3 is 0 Å². The summed E-state index contributed by atoms with van der Waals surface area (Å²) in [4.78, 5) is 18.9. The molecule has 0 bridgehead atoms. The zero-order chi connectivity index (χ0) is 12.6. The van der Waals surface area contributed by atoms with Crippen molar-refractivity contribution in [3.63, 3.8) is 0 Å². The number of nitrogens with zero attached hydrogens (tertiary/aromatic N) is 2. The van der Waals surface area contributed by atoms with Gasteiger partial charge in [-0.3, -0.25) is 4.79 Å². The Labute approximate surface area is 110 Å². The standard InChI is InChI=1S/C12H16N2O3S/c1-9-13-8-10(18-9)11(15)14-4-2-12(3-5-14)16-6-7-17-12/h8H,2-7H2,1H3. The molecule has 0 aliphatic carbocycles. The Kier molecular flexibility index (Phi) is 3.09. The molecule has 3 rings (SSSR count). The first-order chi connectivity index (χ1) is 8.69. The van der Waals surface area contributed by atoms with Gasteiger partial charge in [-0.1, -0.05) is 0 Å². The lowest BCUT2D eigenvalue weighted by Crippen LogP contribution is -2.47.